The minimum atomic E-state index is -3.36. The summed E-state index contributed by atoms with van der Waals surface area (Å²) in [6, 6.07) is 1.68. The van der Waals surface area contributed by atoms with E-state index in [4.69, 9.17) is 0 Å². The van der Waals surface area contributed by atoms with Crippen LogP contribution in [0.15, 0.2) is 14.7 Å². The molecule has 2 heterocycles. The van der Waals surface area contributed by atoms with Crippen molar-refractivity contribution < 1.29 is 8.42 Å². The quantitative estimate of drug-likeness (QED) is 0.853. The largest absolute Gasteiger partial charge is 0.306 e. The van der Waals surface area contributed by atoms with E-state index in [-0.39, 0.29) is 0 Å². The number of sulfonamides is 1. The lowest BCUT2D eigenvalue weighted by Crippen LogP contribution is -2.32. The van der Waals surface area contributed by atoms with Crippen LogP contribution in [-0.2, 0) is 10.0 Å². The van der Waals surface area contributed by atoms with Gasteiger partial charge in [-0.2, -0.15) is 0 Å². The Morgan fingerprint density at radius 3 is 2.65 bits per heavy atom. The molecule has 0 unspecified atom stereocenters. The van der Waals surface area contributed by atoms with Gasteiger partial charge in [-0.25, -0.2) is 13.1 Å². The normalized spacial score (nSPS) is 18.6. The fraction of sp³-hybridized carbons (Fsp3) is 0.692. The third-order valence-electron chi connectivity index (χ3n) is 3.81. The summed E-state index contributed by atoms with van der Waals surface area (Å²) >= 11 is 4.78. The van der Waals surface area contributed by atoms with Crippen LogP contribution in [0.4, 0.5) is 0 Å². The zero-order valence-corrected chi connectivity index (χ0v) is 15.1. The van der Waals surface area contributed by atoms with Gasteiger partial charge in [0.1, 0.15) is 0 Å². The third-order valence-corrected chi connectivity index (χ3v) is 7.08. The maximum atomic E-state index is 12.2. The van der Waals surface area contributed by atoms with Crippen molar-refractivity contribution in [3.05, 3.63) is 14.7 Å². The van der Waals surface area contributed by atoms with Gasteiger partial charge in [-0.3, -0.25) is 0 Å². The average molecular weight is 381 g/mol. The van der Waals surface area contributed by atoms with Gasteiger partial charge in [-0.15, -0.1) is 11.3 Å². The van der Waals surface area contributed by atoms with E-state index < -0.39 is 10.0 Å². The van der Waals surface area contributed by atoms with E-state index >= 15 is 0 Å². The molecule has 114 valence electrons. The van der Waals surface area contributed by atoms with Crippen molar-refractivity contribution in [1.29, 1.82) is 0 Å². The minimum absolute atomic E-state index is 0.401. The fourth-order valence-corrected chi connectivity index (χ4v) is 5.98. The minimum Gasteiger partial charge on any atom is -0.306 e. The van der Waals surface area contributed by atoms with E-state index in [1.54, 1.807) is 6.07 Å². The summed E-state index contributed by atoms with van der Waals surface area (Å²) in [5.41, 5.74) is 0. The molecule has 0 aromatic carbocycles. The molecular formula is C13H21BrN2O2S2. The number of halogens is 1. The van der Waals surface area contributed by atoms with Crippen LogP contribution in [0.2, 0.25) is 0 Å². The van der Waals surface area contributed by atoms with Gasteiger partial charge in [0.2, 0.25) is 10.0 Å². The smallest absolute Gasteiger partial charge is 0.241 e. The molecule has 0 saturated carbocycles. The molecule has 1 aromatic heterocycles. The first-order chi connectivity index (χ1) is 9.38. The molecule has 0 radical (unpaired) electrons. The van der Waals surface area contributed by atoms with Gasteiger partial charge in [0.25, 0.3) is 0 Å². The van der Waals surface area contributed by atoms with Crippen LogP contribution in [0.1, 0.15) is 24.1 Å². The van der Waals surface area contributed by atoms with Gasteiger partial charge in [0, 0.05) is 11.4 Å². The van der Waals surface area contributed by atoms with Crippen molar-refractivity contribution in [1.82, 2.24) is 9.62 Å². The maximum Gasteiger partial charge on any atom is 0.241 e. The number of likely N-dealkylation sites (tertiary alicyclic amines) is 1. The molecule has 1 aliphatic heterocycles. The van der Waals surface area contributed by atoms with Crippen LogP contribution in [-0.4, -0.2) is 40.0 Å². The van der Waals surface area contributed by atoms with E-state index in [1.165, 1.54) is 24.2 Å². The standard InChI is InChI=1S/C13H21BrN2O2S2/c1-10-12(9-13(14)19-10)20(17,18)15-6-3-11-4-7-16(2)8-5-11/h9,11,15H,3-8H2,1-2H3. The molecule has 0 atom stereocenters. The van der Waals surface area contributed by atoms with Gasteiger partial charge in [-0.1, -0.05) is 0 Å². The predicted octanol–water partition coefficient (Wildman–Crippen LogP) is 2.83. The highest BCUT2D eigenvalue weighted by molar-refractivity contribution is 9.11. The molecule has 20 heavy (non-hydrogen) atoms. The molecule has 0 bridgehead atoms. The molecule has 1 aromatic rings. The van der Waals surface area contributed by atoms with Crippen molar-refractivity contribution in [3.63, 3.8) is 0 Å². The van der Waals surface area contributed by atoms with E-state index in [1.807, 2.05) is 6.92 Å². The summed E-state index contributed by atoms with van der Waals surface area (Å²) in [6.07, 6.45) is 3.26. The summed E-state index contributed by atoms with van der Waals surface area (Å²) in [5.74, 6) is 0.643. The number of nitrogens with one attached hydrogen (secondary N) is 1. The lowest BCUT2D eigenvalue weighted by atomic mass is 9.94. The van der Waals surface area contributed by atoms with Crippen LogP contribution in [0, 0.1) is 12.8 Å². The monoisotopic (exact) mass is 380 g/mol. The van der Waals surface area contributed by atoms with Gasteiger partial charge >= 0.3 is 0 Å². The summed E-state index contributed by atoms with van der Waals surface area (Å²) in [7, 11) is -1.23. The molecule has 2 rings (SSSR count). The zero-order chi connectivity index (χ0) is 14.8. The molecule has 4 nitrogen and oxygen atoms in total. The summed E-state index contributed by atoms with van der Waals surface area (Å²) in [5, 5.41) is 0. The number of aryl methyl sites for hydroxylation is 1. The zero-order valence-electron chi connectivity index (χ0n) is 11.9. The number of hydrogen-bond acceptors (Lipinski definition) is 4. The van der Waals surface area contributed by atoms with Crippen LogP contribution >= 0.6 is 27.3 Å². The Morgan fingerprint density at radius 1 is 1.45 bits per heavy atom. The Hall–Kier alpha value is 0.0500. The molecule has 0 aliphatic carbocycles. The first-order valence-electron chi connectivity index (χ1n) is 6.82. The van der Waals surface area contributed by atoms with Crippen LogP contribution in [0.25, 0.3) is 0 Å². The van der Waals surface area contributed by atoms with E-state index in [0.717, 1.165) is 28.2 Å². The van der Waals surface area contributed by atoms with Crippen LogP contribution in [0.3, 0.4) is 0 Å². The van der Waals surface area contributed by atoms with Gasteiger partial charge in [0.05, 0.1) is 8.68 Å². The van der Waals surface area contributed by atoms with E-state index in [9.17, 15) is 8.42 Å². The second kappa shape index (κ2) is 6.87. The van der Waals surface area contributed by atoms with Crippen molar-refractivity contribution >= 4 is 37.3 Å². The second-order valence-electron chi connectivity index (χ2n) is 5.40. The Morgan fingerprint density at radius 2 is 2.10 bits per heavy atom. The van der Waals surface area contributed by atoms with E-state index in [0.29, 0.717) is 17.4 Å². The topological polar surface area (TPSA) is 49.4 Å². The molecule has 0 spiro atoms. The third kappa shape index (κ3) is 4.27. The lowest BCUT2D eigenvalue weighted by Gasteiger charge is -2.28. The fourth-order valence-electron chi connectivity index (χ4n) is 2.52. The van der Waals surface area contributed by atoms with Crippen molar-refractivity contribution in [2.75, 3.05) is 26.7 Å². The Bertz CT molecular complexity index is 549. The summed E-state index contributed by atoms with van der Waals surface area (Å²) < 4.78 is 28.0. The molecule has 1 fully saturated rings. The van der Waals surface area contributed by atoms with Crippen molar-refractivity contribution in [2.24, 2.45) is 5.92 Å². The summed E-state index contributed by atoms with van der Waals surface area (Å²) in [4.78, 5) is 3.55. The number of thiophene rings is 1. The molecule has 1 N–H and O–H groups in total. The lowest BCUT2D eigenvalue weighted by molar-refractivity contribution is 0.213. The maximum absolute atomic E-state index is 12.2. The molecular weight excluding hydrogens is 360 g/mol. The van der Waals surface area contributed by atoms with Gasteiger partial charge < -0.3 is 4.90 Å². The van der Waals surface area contributed by atoms with Gasteiger partial charge in [0.15, 0.2) is 0 Å². The van der Waals surface area contributed by atoms with Crippen LogP contribution < -0.4 is 4.72 Å². The molecule has 1 aliphatic rings. The summed E-state index contributed by atoms with van der Waals surface area (Å²) in [6.45, 7) is 4.60. The SMILES string of the molecule is Cc1sc(Br)cc1S(=O)(=O)NCCC1CCN(C)CC1. The first-order valence-corrected chi connectivity index (χ1v) is 9.92. The van der Waals surface area contributed by atoms with Crippen molar-refractivity contribution in [3.8, 4) is 0 Å². The Kier molecular flexibility index (Phi) is 5.64. The Labute approximate surface area is 133 Å². The predicted molar refractivity (Wildman–Crippen MR) is 86.8 cm³/mol. The average Bonchev–Trinajstić information content (AvgIpc) is 2.72. The second-order valence-corrected chi connectivity index (χ2v) is 9.77. The van der Waals surface area contributed by atoms with E-state index in [2.05, 4.69) is 32.6 Å². The highest BCUT2D eigenvalue weighted by Crippen LogP contribution is 2.29. The highest BCUT2D eigenvalue weighted by Gasteiger charge is 2.21. The van der Waals surface area contributed by atoms with Crippen LogP contribution in [0.5, 0.6) is 0 Å². The Balaban J connectivity index is 1.85. The number of nitrogens with zero attached hydrogens (tertiary/aromatic N) is 1. The number of piperidine rings is 1. The molecule has 0 amide bonds. The van der Waals surface area contributed by atoms with Gasteiger partial charge in [-0.05, 0) is 74.2 Å². The van der Waals surface area contributed by atoms with Crippen molar-refractivity contribution in [2.45, 2.75) is 31.1 Å². The molecule has 7 heteroatoms. The first kappa shape index (κ1) is 16.4. The number of rotatable bonds is 5. The number of hydrogen-bond donors (Lipinski definition) is 1. The highest BCUT2D eigenvalue weighted by atomic mass is 79.9. The molecule has 1 saturated heterocycles.